The molecule has 1 fully saturated rings. The molecular formula is C12H14ClF3N4O. The lowest BCUT2D eigenvalue weighted by Crippen LogP contribution is -2.55. The number of nitrogens with one attached hydrogen (secondary N) is 1. The molecule has 21 heavy (non-hydrogen) atoms. The third-order valence-electron chi connectivity index (χ3n) is 3.32. The molecule has 1 aliphatic rings. The number of hydrogen-bond donors (Lipinski definition) is 1. The first kappa shape index (κ1) is 15.8. The van der Waals surface area contributed by atoms with Crippen LogP contribution in [0.2, 0.25) is 5.02 Å². The van der Waals surface area contributed by atoms with Gasteiger partial charge in [0.2, 0.25) is 11.9 Å². The maximum Gasteiger partial charge on any atom is 0.408 e. The topological polar surface area (TPSA) is 58.1 Å². The van der Waals surface area contributed by atoms with E-state index in [4.69, 9.17) is 11.6 Å². The van der Waals surface area contributed by atoms with E-state index in [2.05, 4.69) is 15.3 Å². The number of halogens is 4. The summed E-state index contributed by atoms with van der Waals surface area (Å²) in [5, 5.41) is 3.29. The van der Waals surface area contributed by atoms with Gasteiger partial charge in [-0.05, 0) is 12.8 Å². The van der Waals surface area contributed by atoms with Crippen molar-refractivity contribution in [3.05, 3.63) is 17.4 Å². The van der Waals surface area contributed by atoms with Gasteiger partial charge >= 0.3 is 6.18 Å². The highest BCUT2D eigenvalue weighted by Crippen LogP contribution is 2.32. The second kappa shape index (κ2) is 6.05. The van der Waals surface area contributed by atoms with Crippen LogP contribution in [0, 0.1) is 0 Å². The fraction of sp³-hybridized carbons (Fsp3) is 0.583. The van der Waals surface area contributed by atoms with Crippen LogP contribution in [-0.2, 0) is 4.79 Å². The van der Waals surface area contributed by atoms with Gasteiger partial charge in [-0.25, -0.2) is 9.97 Å². The lowest BCUT2D eigenvalue weighted by atomic mass is 9.97. The molecule has 1 aliphatic heterocycles. The fourth-order valence-corrected chi connectivity index (χ4v) is 2.44. The van der Waals surface area contributed by atoms with E-state index in [1.54, 1.807) is 0 Å². The number of aromatic nitrogens is 2. The summed E-state index contributed by atoms with van der Waals surface area (Å²) in [6.07, 6.45) is -1.50. The van der Waals surface area contributed by atoms with Crippen LogP contribution < -0.4 is 5.32 Å². The molecule has 0 aromatic carbocycles. The molecule has 2 rings (SSSR count). The standard InChI is InChI=1S/C12H14ClF3N4O/c1-7(21)20-6-9(2-3-10(20)12(14,15)16)19-11-17-4-8(13)5-18-11/h4-5,9-10H,2-3,6H2,1H3,(H,17,18,19). The van der Waals surface area contributed by atoms with Crippen LogP contribution in [0.3, 0.4) is 0 Å². The number of rotatable bonds is 2. The highest BCUT2D eigenvalue weighted by Gasteiger charge is 2.47. The van der Waals surface area contributed by atoms with E-state index in [1.165, 1.54) is 12.4 Å². The third kappa shape index (κ3) is 3.96. The zero-order valence-corrected chi connectivity index (χ0v) is 11.9. The quantitative estimate of drug-likeness (QED) is 0.909. The number of nitrogens with zero attached hydrogens (tertiary/aromatic N) is 3. The minimum absolute atomic E-state index is 0.0362. The number of carbonyl (C=O) groups excluding carboxylic acids is 1. The van der Waals surface area contributed by atoms with E-state index in [9.17, 15) is 18.0 Å². The van der Waals surface area contributed by atoms with Crippen molar-refractivity contribution in [2.24, 2.45) is 0 Å². The van der Waals surface area contributed by atoms with Crippen molar-refractivity contribution in [2.75, 3.05) is 11.9 Å². The number of piperidine rings is 1. The Labute approximate surface area is 124 Å². The van der Waals surface area contributed by atoms with Crippen molar-refractivity contribution in [1.29, 1.82) is 0 Å². The Morgan fingerprint density at radius 3 is 2.52 bits per heavy atom. The SMILES string of the molecule is CC(=O)N1CC(Nc2ncc(Cl)cn2)CCC1C(F)(F)F. The Bertz CT molecular complexity index is 508. The van der Waals surface area contributed by atoms with Gasteiger partial charge in [-0.15, -0.1) is 0 Å². The van der Waals surface area contributed by atoms with Crippen molar-refractivity contribution in [1.82, 2.24) is 14.9 Å². The lowest BCUT2D eigenvalue weighted by Gasteiger charge is -2.40. The molecule has 5 nitrogen and oxygen atoms in total. The summed E-state index contributed by atoms with van der Waals surface area (Å²) in [6, 6.07) is -2.05. The molecule has 0 aliphatic carbocycles. The first-order valence-corrected chi connectivity index (χ1v) is 6.73. The van der Waals surface area contributed by atoms with Crippen molar-refractivity contribution in [3.63, 3.8) is 0 Å². The Morgan fingerprint density at radius 2 is 2.00 bits per heavy atom. The maximum atomic E-state index is 12.9. The number of anilines is 1. The van der Waals surface area contributed by atoms with E-state index < -0.39 is 18.1 Å². The predicted molar refractivity (Wildman–Crippen MR) is 70.9 cm³/mol. The monoisotopic (exact) mass is 322 g/mol. The summed E-state index contributed by atoms with van der Waals surface area (Å²) < 4.78 is 38.7. The highest BCUT2D eigenvalue weighted by atomic mass is 35.5. The molecule has 2 heterocycles. The fourth-order valence-electron chi connectivity index (χ4n) is 2.35. The number of carbonyl (C=O) groups is 1. The first-order chi connectivity index (χ1) is 9.77. The lowest BCUT2D eigenvalue weighted by molar-refractivity contribution is -0.195. The van der Waals surface area contributed by atoms with E-state index in [-0.39, 0.29) is 31.4 Å². The molecule has 1 amide bonds. The molecule has 1 N–H and O–H groups in total. The van der Waals surface area contributed by atoms with E-state index in [0.717, 1.165) is 11.8 Å². The number of likely N-dealkylation sites (tertiary alicyclic amines) is 1. The predicted octanol–water partition coefficient (Wildman–Crippen LogP) is 2.48. The second-order valence-corrected chi connectivity index (χ2v) is 5.31. The average molecular weight is 323 g/mol. The van der Waals surface area contributed by atoms with Crippen LogP contribution in [0.25, 0.3) is 0 Å². The molecule has 9 heteroatoms. The van der Waals surface area contributed by atoms with Crippen LogP contribution in [0.5, 0.6) is 0 Å². The molecule has 2 atom stereocenters. The molecule has 0 bridgehead atoms. The van der Waals surface area contributed by atoms with Crippen molar-refractivity contribution in [2.45, 2.75) is 38.0 Å². The van der Waals surface area contributed by atoms with Gasteiger partial charge in [0.15, 0.2) is 0 Å². The average Bonchev–Trinajstić information content (AvgIpc) is 2.40. The Hall–Kier alpha value is -1.57. The van der Waals surface area contributed by atoms with Gasteiger partial charge in [0.25, 0.3) is 0 Å². The molecule has 0 saturated carbocycles. The largest absolute Gasteiger partial charge is 0.408 e. The van der Waals surface area contributed by atoms with Crippen molar-refractivity contribution >= 4 is 23.5 Å². The number of alkyl halides is 3. The summed E-state index contributed by atoms with van der Waals surface area (Å²) in [6.45, 7) is 1.10. The zero-order valence-electron chi connectivity index (χ0n) is 11.2. The highest BCUT2D eigenvalue weighted by molar-refractivity contribution is 6.30. The molecular weight excluding hydrogens is 309 g/mol. The van der Waals surface area contributed by atoms with E-state index in [0.29, 0.717) is 5.02 Å². The molecule has 2 unspecified atom stereocenters. The molecule has 1 aromatic heterocycles. The van der Waals surface area contributed by atoms with Crippen LogP contribution in [0.15, 0.2) is 12.4 Å². The normalized spacial score (nSPS) is 23.0. The van der Waals surface area contributed by atoms with Gasteiger partial charge < -0.3 is 10.2 Å². The van der Waals surface area contributed by atoms with Crippen LogP contribution in [0.4, 0.5) is 19.1 Å². The first-order valence-electron chi connectivity index (χ1n) is 6.35. The van der Waals surface area contributed by atoms with Crippen LogP contribution in [0.1, 0.15) is 19.8 Å². The molecule has 116 valence electrons. The molecule has 1 aromatic rings. The van der Waals surface area contributed by atoms with Gasteiger partial charge in [-0.1, -0.05) is 11.6 Å². The Morgan fingerprint density at radius 1 is 1.38 bits per heavy atom. The minimum Gasteiger partial charge on any atom is -0.350 e. The zero-order chi connectivity index (χ0) is 15.6. The van der Waals surface area contributed by atoms with Crippen LogP contribution >= 0.6 is 11.6 Å². The Balaban J connectivity index is 2.05. The second-order valence-electron chi connectivity index (χ2n) is 4.87. The van der Waals surface area contributed by atoms with Gasteiger partial charge in [0.05, 0.1) is 17.4 Å². The van der Waals surface area contributed by atoms with Crippen LogP contribution in [-0.4, -0.2) is 45.6 Å². The maximum absolute atomic E-state index is 12.9. The van der Waals surface area contributed by atoms with E-state index >= 15 is 0 Å². The number of amides is 1. The number of hydrogen-bond acceptors (Lipinski definition) is 4. The Kier molecular flexibility index (Phi) is 4.55. The van der Waals surface area contributed by atoms with Gasteiger partial charge in [0, 0.05) is 19.5 Å². The molecule has 1 saturated heterocycles. The summed E-state index contributed by atoms with van der Waals surface area (Å²) >= 11 is 5.66. The van der Waals surface area contributed by atoms with Crippen molar-refractivity contribution < 1.29 is 18.0 Å². The van der Waals surface area contributed by atoms with Gasteiger partial charge in [-0.2, -0.15) is 13.2 Å². The molecule has 0 spiro atoms. The summed E-state index contributed by atoms with van der Waals surface area (Å²) in [5.74, 6) is -0.320. The minimum atomic E-state index is -4.41. The van der Waals surface area contributed by atoms with E-state index in [1.807, 2.05) is 0 Å². The van der Waals surface area contributed by atoms with Gasteiger partial charge in [0.1, 0.15) is 6.04 Å². The molecule has 0 radical (unpaired) electrons. The summed E-state index contributed by atoms with van der Waals surface area (Å²) in [4.78, 5) is 20.2. The third-order valence-corrected chi connectivity index (χ3v) is 3.51. The van der Waals surface area contributed by atoms with Gasteiger partial charge in [-0.3, -0.25) is 4.79 Å². The van der Waals surface area contributed by atoms with Crippen molar-refractivity contribution in [3.8, 4) is 0 Å². The summed E-state index contributed by atoms with van der Waals surface area (Å²) in [5.41, 5.74) is 0. The smallest absolute Gasteiger partial charge is 0.350 e. The summed E-state index contributed by atoms with van der Waals surface area (Å²) in [7, 11) is 0.